The van der Waals surface area contributed by atoms with Crippen LogP contribution in [0.15, 0.2) is 30.5 Å². The van der Waals surface area contributed by atoms with Crippen molar-refractivity contribution in [3.8, 4) is 5.75 Å². The lowest BCUT2D eigenvalue weighted by molar-refractivity contribution is 0.0950. The van der Waals surface area contributed by atoms with Gasteiger partial charge in [-0.2, -0.15) is 0 Å². The van der Waals surface area contributed by atoms with Gasteiger partial charge in [0.25, 0.3) is 0 Å². The highest BCUT2D eigenvalue weighted by molar-refractivity contribution is 5.83. The number of anilines is 1. The number of fused-ring (bicyclic) bond motifs is 3. The van der Waals surface area contributed by atoms with Crippen molar-refractivity contribution in [2.24, 2.45) is 0 Å². The van der Waals surface area contributed by atoms with Crippen molar-refractivity contribution in [2.45, 2.75) is 31.3 Å². The second-order valence-corrected chi connectivity index (χ2v) is 6.38. The van der Waals surface area contributed by atoms with Crippen LogP contribution in [-0.2, 0) is 0 Å². The summed E-state index contributed by atoms with van der Waals surface area (Å²) < 4.78 is 0. The van der Waals surface area contributed by atoms with Crippen molar-refractivity contribution in [3.63, 3.8) is 0 Å². The van der Waals surface area contributed by atoms with Crippen LogP contribution in [0.5, 0.6) is 5.75 Å². The Morgan fingerprint density at radius 3 is 2.67 bits per heavy atom. The lowest BCUT2D eigenvalue weighted by atomic mass is 9.92. The van der Waals surface area contributed by atoms with Gasteiger partial charge in [-0.1, -0.05) is 6.42 Å². The first-order chi connectivity index (χ1) is 10.2. The van der Waals surface area contributed by atoms with E-state index in [4.69, 9.17) is 0 Å². The third-order valence-electron chi connectivity index (χ3n) is 5.11. The first kappa shape index (κ1) is 12.9. The Bertz CT molecular complexity index is 658. The maximum absolute atomic E-state index is 9.53. The van der Waals surface area contributed by atoms with Crippen molar-refractivity contribution >= 4 is 16.6 Å². The van der Waals surface area contributed by atoms with Crippen molar-refractivity contribution in [3.05, 3.63) is 30.5 Å². The van der Waals surface area contributed by atoms with Crippen LogP contribution in [-0.4, -0.2) is 47.2 Å². The van der Waals surface area contributed by atoms with Gasteiger partial charge in [0.05, 0.1) is 17.4 Å². The summed E-state index contributed by atoms with van der Waals surface area (Å²) in [6.07, 6.45) is 5.92. The summed E-state index contributed by atoms with van der Waals surface area (Å²) in [5, 5.41) is 10.6. The number of nitrogens with zero attached hydrogens (tertiary/aromatic N) is 3. The standard InChI is InChI=1S/C17H21N3O/c1-19-13-3-2-4-14(19)11-20(10-13)15-7-12-5-6-16(21)8-17(12)18-9-15/h5-9,13-14,21H,2-4,10-11H2,1H3. The Hall–Kier alpha value is -1.81. The topological polar surface area (TPSA) is 39.6 Å². The number of hydrogen-bond donors (Lipinski definition) is 1. The summed E-state index contributed by atoms with van der Waals surface area (Å²) in [5.41, 5.74) is 2.06. The van der Waals surface area contributed by atoms with Crippen molar-refractivity contribution < 1.29 is 5.11 Å². The van der Waals surface area contributed by atoms with E-state index in [0.29, 0.717) is 12.1 Å². The third-order valence-corrected chi connectivity index (χ3v) is 5.11. The number of piperidine rings is 1. The van der Waals surface area contributed by atoms with E-state index in [1.165, 1.54) is 24.9 Å². The molecule has 2 fully saturated rings. The molecule has 2 atom stereocenters. The second kappa shape index (κ2) is 4.88. The number of likely N-dealkylation sites (N-methyl/N-ethyl adjacent to an activating group) is 1. The first-order valence-electron chi connectivity index (χ1n) is 7.76. The quantitative estimate of drug-likeness (QED) is 0.873. The molecule has 2 aliphatic heterocycles. The summed E-state index contributed by atoms with van der Waals surface area (Å²) in [5.74, 6) is 0.275. The molecule has 21 heavy (non-hydrogen) atoms. The smallest absolute Gasteiger partial charge is 0.117 e. The molecular weight excluding hydrogens is 262 g/mol. The Kier molecular flexibility index (Phi) is 3.00. The summed E-state index contributed by atoms with van der Waals surface area (Å²) in [6, 6.07) is 8.94. The fourth-order valence-electron chi connectivity index (χ4n) is 3.80. The van der Waals surface area contributed by atoms with E-state index in [1.807, 2.05) is 12.3 Å². The van der Waals surface area contributed by atoms with Crippen LogP contribution >= 0.6 is 0 Å². The highest BCUT2D eigenvalue weighted by Gasteiger charge is 2.34. The van der Waals surface area contributed by atoms with E-state index in [1.54, 1.807) is 12.1 Å². The fourth-order valence-corrected chi connectivity index (χ4v) is 3.80. The largest absolute Gasteiger partial charge is 0.508 e. The van der Waals surface area contributed by atoms with E-state index < -0.39 is 0 Å². The van der Waals surface area contributed by atoms with Gasteiger partial charge < -0.3 is 10.0 Å². The molecule has 0 amide bonds. The Balaban J connectivity index is 1.66. The zero-order chi connectivity index (χ0) is 14.4. The van der Waals surface area contributed by atoms with E-state index >= 15 is 0 Å². The molecule has 0 saturated carbocycles. The van der Waals surface area contributed by atoms with E-state index in [-0.39, 0.29) is 5.75 Å². The molecule has 2 saturated heterocycles. The van der Waals surface area contributed by atoms with Gasteiger partial charge in [-0.3, -0.25) is 9.88 Å². The molecular formula is C17H21N3O. The summed E-state index contributed by atoms with van der Waals surface area (Å²) >= 11 is 0. The molecule has 3 heterocycles. The van der Waals surface area contributed by atoms with Gasteiger partial charge in [0.2, 0.25) is 0 Å². The fraction of sp³-hybridized carbons (Fsp3) is 0.471. The van der Waals surface area contributed by atoms with Gasteiger partial charge in [0.1, 0.15) is 5.75 Å². The maximum atomic E-state index is 9.53. The van der Waals surface area contributed by atoms with Crippen molar-refractivity contribution in [1.82, 2.24) is 9.88 Å². The molecule has 1 aromatic heterocycles. The number of aromatic hydroxyl groups is 1. The molecule has 4 heteroatoms. The number of phenols is 1. The third kappa shape index (κ3) is 2.23. The molecule has 4 nitrogen and oxygen atoms in total. The Labute approximate surface area is 125 Å². The normalized spacial score (nSPS) is 26.2. The summed E-state index contributed by atoms with van der Waals surface area (Å²) in [7, 11) is 2.27. The van der Waals surface area contributed by atoms with Gasteiger partial charge in [0.15, 0.2) is 0 Å². The Morgan fingerprint density at radius 2 is 1.90 bits per heavy atom. The van der Waals surface area contributed by atoms with Gasteiger partial charge >= 0.3 is 0 Å². The number of pyridine rings is 1. The SMILES string of the molecule is CN1C2CCCC1CN(c1cnc3cc(O)ccc3c1)C2. The monoisotopic (exact) mass is 283 g/mol. The molecule has 4 rings (SSSR count). The maximum Gasteiger partial charge on any atom is 0.117 e. The number of hydrogen-bond acceptors (Lipinski definition) is 4. The van der Waals surface area contributed by atoms with Crippen LogP contribution in [0.1, 0.15) is 19.3 Å². The Morgan fingerprint density at radius 1 is 1.14 bits per heavy atom. The molecule has 0 radical (unpaired) electrons. The minimum absolute atomic E-state index is 0.275. The number of benzene rings is 1. The van der Waals surface area contributed by atoms with Crippen LogP contribution in [0.2, 0.25) is 0 Å². The van der Waals surface area contributed by atoms with Gasteiger partial charge in [-0.05, 0) is 38.1 Å². The van der Waals surface area contributed by atoms with Gasteiger partial charge in [-0.15, -0.1) is 0 Å². The van der Waals surface area contributed by atoms with Crippen LogP contribution in [0.4, 0.5) is 5.69 Å². The average Bonchev–Trinajstić information content (AvgIpc) is 2.46. The van der Waals surface area contributed by atoms with Crippen molar-refractivity contribution in [2.75, 3.05) is 25.0 Å². The van der Waals surface area contributed by atoms with Crippen LogP contribution in [0, 0.1) is 0 Å². The predicted octanol–water partition coefficient (Wildman–Crippen LogP) is 2.61. The van der Waals surface area contributed by atoms with Crippen LogP contribution < -0.4 is 4.90 Å². The number of phenolic OH excluding ortho intramolecular Hbond substituents is 1. The van der Waals surface area contributed by atoms with Crippen molar-refractivity contribution in [1.29, 1.82) is 0 Å². The van der Waals surface area contributed by atoms with Gasteiger partial charge in [-0.25, -0.2) is 0 Å². The number of rotatable bonds is 1. The van der Waals surface area contributed by atoms with Gasteiger partial charge in [0, 0.05) is 36.6 Å². The highest BCUT2D eigenvalue weighted by Crippen LogP contribution is 2.31. The molecule has 110 valence electrons. The summed E-state index contributed by atoms with van der Waals surface area (Å²) in [4.78, 5) is 9.56. The van der Waals surface area contributed by atoms with E-state index in [0.717, 1.165) is 24.0 Å². The minimum atomic E-state index is 0.275. The second-order valence-electron chi connectivity index (χ2n) is 6.38. The lowest BCUT2D eigenvalue weighted by Gasteiger charge is -2.49. The molecule has 2 bridgehead atoms. The molecule has 0 spiro atoms. The number of piperazine rings is 1. The highest BCUT2D eigenvalue weighted by atomic mass is 16.3. The molecule has 2 aromatic rings. The number of aromatic nitrogens is 1. The first-order valence-corrected chi connectivity index (χ1v) is 7.76. The lowest BCUT2D eigenvalue weighted by Crippen LogP contribution is -2.59. The van der Waals surface area contributed by atoms with Crippen LogP contribution in [0.25, 0.3) is 10.9 Å². The zero-order valence-corrected chi connectivity index (χ0v) is 12.4. The molecule has 1 aromatic carbocycles. The van der Waals surface area contributed by atoms with Crippen LogP contribution in [0.3, 0.4) is 0 Å². The van der Waals surface area contributed by atoms with E-state index in [2.05, 4.69) is 27.9 Å². The molecule has 2 unspecified atom stereocenters. The zero-order valence-electron chi connectivity index (χ0n) is 12.4. The molecule has 0 aliphatic carbocycles. The minimum Gasteiger partial charge on any atom is -0.508 e. The molecule has 2 aliphatic rings. The van der Waals surface area contributed by atoms with E-state index in [9.17, 15) is 5.11 Å². The summed E-state index contributed by atoms with van der Waals surface area (Å²) in [6.45, 7) is 2.19. The average molecular weight is 283 g/mol. The predicted molar refractivity (Wildman–Crippen MR) is 84.8 cm³/mol. The molecule has 1 N–H and O–H groups in total.